The normalized spacial score (nSPS) is 23.6. The molecule has 1 unspecified atom stereocenters. The third-order valence-electron chi connectivity index (χ3n) is 4.62. The van der Waals surface area contributed by atoms with E-state index in [4.69, 9.17) is 5.73 Å². The fourth-order valence-corrected chi connectivity index (χ4v) is 3.43. The Labute approximate surface area is 119 Å². The largest absolute Gasteiger partial charge is 0.351 e. The summed E-state index contributed by atoms with van der Waals surface area (Å²) in [5.41, 5.74) is 8.04. The van der Waals surface area contributed by atoms with Crippen molar-refractivity contribution in [2.45, 2.75) is 44.2 Å². The maximum Gasteiger partial charge on any atom is 0.314 e. The van der Waals surface area contributed by atoms with Gasteiger partial charge in [0.05, 0.1) is 6.20 Å². The van der Waals surface area contributed by atoms with Crippen molar-refractivity contribution in [3.05, 3.63) is 17.5 Å². The highest BCUT2D eigenvalue weighted by molar-refractivity contribution is 5.72. The van der Waals surface area contributed by atoms with E-state index in [1.165, 1.54) is 24.1 Å². The molecule has 20 heavy (non-hydrogen) atoms. The van der Waals surface area contributed by atoms with Crippen molar-refractivity contribution < 1.29 is 4.79 Å². The Balaban J connectivity index is 1.61. The van der Waals surface area contributed by atoms with Gasteiger partial charge in [0.25, 0.3) is 0 Å². The molecule has 0 saturated carbocycles. The predicted octanol–water partition coefficient (Wildman–Crippen LogP) is 0.930. The standard InChI is InChI=1S/C14H23N5O/c1-18-13-4-2-3-12(11(13)9-16-18)17-10-5-7-19(8-6-10)14(15)20/h9-10,12,17H,2-8H2,1H3,(H2,15,20). The minimum Gasteiger partial charge on any atom is -0.351 e. The zero-order valence-electron chi connectivity index (χ0n) is 12.0. The Kier molecular flexibility index (Phi) is 3.65. The highest BCUT2D eigenvalue weighted by Crippen LogP contribution is 2.30. The monoisotopic (exact) mass is 277 g/mol. The van der Waals surface area contributed by atoms with Crippen LogP contribution in [0.3, 0.4) is 0 Å². The lowest BCUT2D eigenvalue weighted by Crippen LogP contribution is -2.47. The lowest BCUT2D eigenvalue weighted by atomic mass is 9.91. The van der Waals surface area contributed by atoms with Crippen molar-refractivity contribution in [3.8, 4) is 0 Å². The average Bonchev–Trinajstić information content (AvgIpc) is 2.82. The fourth-order valence-electron chi connectivity index (χ4n) is 3.43. The van der Waals surface area contributed by atoms with Crippen molar-refractivity contribution in [2.75, 3.05) is 13.1 Å². The Morgan fingerprint density at radius 2 is 2.15 bits per heavy atom. The van der Waals surface area contributed by atoms with Crippen molar-refractivity contribution in [1.29, 1.82) is 0 Å². The van der Waals surface area contributed by atoms with Crippen LogP contribution in [0, 0.1) is 0 Å². The van der Waals surface area contributed by atoms with Crippen LogP contribution in [0.2, 0.25) is 0 Å². The third-order valence-corrected chi connectivity index (χ3v) is 4.62. The van der Waals surface area contributed by atoms with Crippen LogP contribution in [-0.4, -0.2) is 39.8 Å². The van der Waals surface area contributed by atoms with E-state index in [-0.39, 0.29) is 6.03 Å². The maximum atomic E-state index is 11.1. The number of carbonyl (C=O) groups excluding carboxylic acids is 1. The first-order valence-electron chi connectivity index (χ1n) is 7.46. The first kappa shape index (κ1) is 13.4. The number of piperidine rings is 1. The Morgan fingerprint density at radius 3 is 2.85 bits per heavy atom. The molecule has 1 saturated heterocycles. The van der Waals surface area contributed by atoms with Gasteiger partial charge in [-0.3, -0.25) is 4.68 Å². The number of rotatable bonds is 2. The van der Waals surface area contributed by atoms with Crippen LogP contribution < -0.4 is 11.1 Å². The average molecular weight is 277 g/mol. The lowest BCUT2D eigenvalue weighted by Gasteiger charge is -2.34. The molecular weight excluding hydrogens is 254 g/mol. The number of hydrogen-bond donors (Lipinski definition) is 2. The van der Waals surface area contributed by atoms with Gasteiger partial charge in [-0.1, -0.05) is 0 Å². The van der Waals surface area contributed by atoms with Crippen molar-refractivity contribution >= 4 is 6.03 Å². The van der Waals surface area contributed by atoms with E-state index in [0.29, 0.717) is 12.1 Å². The topological polar surface area (TPSA) is 76.2 Å². The van der Waals surface area contributed by atoms with Crippen molar-refractivity contribution in [2.24, 2.45) is 12.8 Å². The van der Waals surface area contributed by atoms with E-state index < -0.39 is 0 Å². The summed E-state index contributed by atoms with van der Waals surface area (Å²) >= 11 is 0. The molecule has 2 heterocycles. The van der Waals surface area contributed by atoms with Gasteiger partial charge in [0, 0.05) is 43.5 Å². The summed E-state index contributed by atoms with van der Waals surface area (Å²) in [4.78, 5) is 12.9. The fraction of sp³-hybridized carbons (Fsp3) is 0.714. The van der Waals surface area contributed by atoms with E-state index in [1.54, 1.807) is 4.90 Å². The second kappa shape index (κ2) is 5.44. The first-order chi connectivity index (χ1) is 9.65. The van der Waals surface area contributed by atoms with Gasteiger partial charge in [-0.15, -0.1) is 0 Å². The molecule has 2 amide bonds. The van der Waals surface area contributed by atoms with Crippen LogP contribution in [-0.2, 0) is 13.5 Å². The van der Waals surface area contributed by atoms with E-state index >= 15 is 0 Å². The summed E-state index contributed by atoms with van der Waals surface area (Å²) in [6, 6.07) is 0.593. The Bertz CT molecular complexity index is 490. The highest BCUT2D eigenvalue weighted by atomic mass is 16.2. The Morgan fingerprint density at radius 1 is 1.40 bits per heavy atom. The predicted molar refractivity (Wildman–Crippen MR) is 76.2 cm³/mol. The minimum absolute atomic E-state index is 0.296. The molecule has 0 bridgehead atoms. The van der Waals surface area contributed by atoms with Crippen LogP contribution in [0.1, 0.15) is 43.0 Å². The number of carbonyl (C=O) groups is 1. The van der Waals surface area contributed by atoms with Gasteiger partial charge in [0.2, 0.25) is 0 Å². The molecule has 0 aromatic carbocycles. The molecule has 0 radical (unpaired) electrons. The number of nitrogens with two attached hydrogens (primary N) is 1. The molecule has 3 rings (SSSR count). The van der Waals surface area contributed by atoms with Crippen LogP contribution in [0.4, 0.5) is 4.79 Å². The number of hydrogen-bond acceptors (Lipinski definition) is 3. The summed E-state index contributed by atoms with van der Waals surface area (Å²) in [5, 5.41) is 8.14. The second-order valence-corrected chi connectivity index (χ2v) is 5.88. The molecule has 110 valence electrons. The molecular formula is C14H23N5O. The number of primary amides is 1. The van der Waals surface area contributed by atoms with E-state index in [1.807, 2.05) is 17.9 Å². The molecule has 1 aromatic rings. The van der Waals surface area contributed by atoms with Gasteiger partial charge in [-0.25, -0.2) is 4.79 Å². The van der Waals surface area contributed by atoms with Gasteiger partial charge < -0.3 is 16.0 Å². The molecule has 1 atom stereocenters. The molecule has 2 aliphatic rings. The van der Waals surface area contributed by atoms with E-state index in [2.05, 4.69) is 10.4 Å². The van der Waals surface area contributed by atoms with Crippen LogP contribution >= 0.6 is 0 Å². The summed E-state index contributed by atoms with van der Waals surface area (Å²) in [5.74, 6) is 0. The summed E-state index contributed by atoms with van der Waals surface area (Å²) in [6.45, 7) is 1.53. The smallest absolute Gasteiger partial charge is 0.314 e. The van der Waals surface area contributed by atoms with Gasteiger partial charge in [0.1, 0.15) is 0 Å². The Hall–Kier alpha value is -1.56. The van der Waals surface area contributed by atoms with Gasteiger partial charge in [-0.2, -0.15) is 5.10 Å². The molecule has 3 N–H and O–H groups in total. The lowest BCUT2D eigenvalue weighted by molar-refractivity contribution is 0.181. The maximum absolute atomic E-state index is 11.1. The summed E-state index contributed by atoms with van der Waals surface area (Å²) in [7, 11) is 2.02. The highest BCUT2D eigenvalue weighted by Gasteiger charge is 2.27. The molecule has 1 aromatic heterocycles. The number of urea groups is 1. The molecule has 6 heteroatoms. The molecule has 1 fully saturated rings. The van der Waals surface area contributed by atoms with E-state index in [0.717, 1.165) is 32.4 Å². The van der Waals surface area contributed by atoms with Crippen LogP contribution in [0.15, 0.2) is 6.20 Å². The first-order valence-corrected chi connectivity index (χ1v) is 7.46. The number of fused-ring (bicyclic) bond motifs is 1. The molecule has 1 aliphatic heterocycles. The van der Waals surface area contributed by atoms with Crippen LogP contribution in [0.5, 0.6) is 0 Å². The van der Waals surface area contributed by atoms with Gasteiger partial charge >= 0.3 is 6.03 Å². The number of likely N-dealkylation sites (tertiary alicyclic amines) is 1. The third kappa shape index (κ3) is 2.52. The van der Waals surface area contributed by atoms with E-state index in [9.17, 15) is 4.79 Å². The van der Waals surface area contributed by atoms with Crippen LogP contribution in [0.25, 0.3) is 0 Å². The molecule has 1 aliphatic carbocycles. The number of aryl methyl sites for hydroxylation is 1. The van der Waals surface area contributed by atoms with Gasteiger partial charge in [-0.05, 0) is 32.1 Å². The van der Waals surface area contributed by atoms with Gasteiger partial charge in [0.15, 0.2) is 0 Å². The number of nitrogens with zero attached hydrogens (tertiary/aromatic N) is 3. The summed E-state index contributed by atoms with van der Waals surface area (Å²) < 4.78 is 2.00. The molecule has 0 spiro atoms. The second-order valence-electron chi connectivity index (χ2n) is 5.88. The molecule has 6 nitrogen and oxygen atoms in total. The minimum atomic E-state index is -0.296. The summed E-state index contributed by atoms with van der Waals surface area (Å²) in [6.07, 6.45) is 7.48. The zero-order chi connectivity index (χ0) is 14.1. The van der Waals surface area contributed by atoms with Crippen molar-refractivity contribution in [3.63, 3.8) is 0 Å². The quantitative estimate of drug-likeness (QED) is 0.844. The van der Waals surface area contributed by atoms with Crippen molar-refractivity contribution in [1.82, 2.24) is 20.0 Å². The number of amides is 2. The number of aromatic nitrogens is 2. The zero-order valence-corrected chi connectivity index (χ0v) is 12.0. The SMILES string of the molecule is Cn1ncc2c1CCCC2NC1CCN(C(N)=O)CC1. The number of nitrogens with one attached hydrogen (secondary N) is 1.